The number of hydrogen-bond donors (Lipinski definition) is 2. The highest BCUT2D eigenvalue weighted by molar-refractivity contribution is 7.14. The normalized spacial score (nSPS) is 16.1. The van der Waals surface area contributed by atoms with Gasteiger partial charge in [0.05, 0.1) is 5.00 Å². The average Bonchev–Trinajstić information content (AvgIpc) is 3.31. The van der Waals surface area contributed by atoms with E-state index in [1.165, 1.54) is 5.00 Å². The van der Waals surface area contributed by atoms with Crippen LogP contribution in [0.3, 0.4) is 0 Å². The maximum atomic E-state index is 5.14. The van der Waals surface area contributed by atoms with Gasteiger partial charge in [0.25, 0.3) is 0 Å². The molecule has 0 amide bonds. The Morgan fingerprint density at radius 1 is 1.42 bits per heavy atom. The summed E-state index contributed by atoms with van der Waals surface area (Å²) in [4.78, 5) is 11.4. The molecular weight excluding hydrogens is 348 g/mol. The number of thiophene rings is 1. The molecule has 0 unspecified atom stereocenters. The van der Waals surface area contributed by atoms with Crippen LogP contribution in [0.2, 0.25) is 0 Å². The Labute approximate surface area is 158 Å². The monoisotopic (exact) mass is 376 g/mol. The van der Waals surface area contributed by atoms with Crippen molar-refractivity contribution in [3.8, 4) is 0 Å². The summed E-state index contributed by atoms with van der Waals surface area (Å²) in [5.41, 5.74) is 0. The molecule has 2 N–H and O–H groups in total. The van der Waals surface area contributed by atoms with Crippen LogP contribution < -0.4 is 15.5 Å². The van der Waals surface area contributed by atoms with E-state index in [1.54, 1.807) is 0 Å². The SMILES string of the molecule is CCNC(=NCCCc1nc(C)no1)NC1CCN(c2cccs2)CC1. The van der Waals surface area contributed by atoms with Crippen molar-refractivity contribution in [3.05, 3.63) is 29.2 Å². The minimum absolute atomic E-state index is 0.475. The largest absolute Gasteiger partial charge is 0.363 e. The molecule has 1 aliphatic heterocycles. The predicted octanol–water partition coefficient (Wildman–Crippen LogP) is 2.60. The summed E-state index contributed by atoms with van der Waals surface area (Å²) in [6.07, 6.45) is 3.92. The molecule has 0 atom stereocenters. The van der Waals surface area contributed by atoms with Crippen LogP contribution in [0.5, 0.6) is 0 Å². The van der Waals surface area contributed by atoms with Crippen molar-refractivity contribution in [1.29, 1.82) is 0 Å². The average molecular weight is 377 g/mol. The number of anilines is 1. The van der Waals surface area contributed by atoms with E-state index in [-0.39, 0.29) is 0 Å². The van der Waals surface area contributed by atoms with Gasteiger partial charge in [-0.3, -0.25) is 4.99 Å². The Morgan fingerprint density at radius 2 is 2.27 bits per heavy atom. The molecule has 1 saturated heterocycles. The summed E-state index contributed by atoms with van der Waals surface area (Å²) in [5, 5.41) is 14.3. The number of hydrogen-bond acceptors (Lipinski definition) is 6. The van der Waals surface area contributed by atoms with Crippen LogP contribution in [0.15, 0.2) is 27.0 Å². The topological polar surface area (TPSA) is 78.6 Å². The summed E-state index contributed by atoms with van der Waals surface area (Å²) in [5.74, 6) is 2.28. The molecule has 0 bridgehead atoms. The van der Waals surface area contributed by atoms with Crippen molar-refractivity contribution in [2.45, 2.75) is 45.6 Å². The highest BCUT2D eigenvalue weighted by atomic mass is 32.1. The van der Waals surface area contributed by atoms with Crippen molar-refractivity contribution in [1.82, 2.24) is 20.8 Å². The second-order valence-electron chi connectivity index (χ2n) is 6.46. The fraction of sp³-hybridized carbons (Fsp3) is 0.611. The third-order valence-electron chi connectivity index (χ3n) is 4.39. The van der Waals surface area contributed by atoms with E-state index < -0.39 is 0 Å². The first kappa shape index (κ1) is 18.7. The standard InChI is InChI=1S/C18H28N6OS/c1-3-19-18(20-10-4-6-16-21-14(2)23-25-16)22-15-8-11-24(12-9-15)17-7-5-13-26-17/h5,7,13,15H,3-4,6,8-12H2,1-2H3,(H2,19,20,22). The van der Waals surface area contributed by atoms with Crippen LogP contribution in [0, 0.1) is 6.92 Å². The summed E-state index contributed by atoms with van der Waals surface area (Å²) in [6.45, 7) is 7.72. The smallest absolute Gasteiger partial charge is 0.226 e. The molecule has 0 spiro atoms. The summed E-state index contributed by atoms with van der Waals surface area (Å²) < 4.78 is 5.14. The summed E-state index contributed by atoms with van der Waals surface area (Å²) >= 11 is 1.82. The molecule has 3 rings (SSSR count). The number of aryl methyl sites for hydroxylation is 2. The lowest BCUT2D eigenvalue weighted by Crippen LogP contribution is -2.48. The molecule has 3 heterocycles. The van der Waals surface area contributed by atoms with Crippen LogP contribution >= 0.6 is 11.3 Å². The zero-order chi connectivity index (χ0) is 18.2. The number of rotatable bonds is 7. The predicted molar refractivity (Wildman–Crippen MR) is 106 cm³/mol. The highest BCUT2D eigenvalue weighted by Crippen LogP contribution is 2.24. The minimum atomic E-state index is 0.475. The van der Waals surface area contributed by atoms with Crippen LogP contribution in [0.1, 0.15) is 37.9 Å². The van der Waals surface area contributed by atoms with E-state index in [0.717, 1.165) is 57.8 Å². The molecule has 1 fully saturated rings. The Kier molecular flexibility index (Phi) is 6.88. The van der Waals surface area contributed by atoms with Gasteiger partial charge in [0.1, 0.15) is 0 Å². The van der Waals surface area contributed by atoms with Crippen LogP contribution in [-0.4, -0.2) is 48.3 Å². The van der Waals surface area contributed by atoms with Crippen molar-refractivity contribution in [3.63, 3.8) is 0 Å². The molecule has 0 aromatic carbocycles. The van der Waals surface area contributed by atoms with Gasteiger partial charge in [-0.2, -0.15) is 4.98 Å². The number of piperidine rings is 1. The Morgan fingerprint density at radius 3 is 2.92 bits per heavy atom. The van der Waals surface area contributed by atoms with Gasteiger partial charge in [0.2, 0.25) is 5.89 Å². The van der Waals surface area contributed by atoms with E-state index in [0.29, 0.717) is 17.8 Å². The molecule has 1 aliphatic rings. The van der Waals surface area contributed by atoms with Gasteiger partial charge in [-0.15, -0.1) is 11.3 Å². The third kappa shape index (κ3) is 5.45. The Bertz CT molecular complexity index is 676. The Hall–Kier alpha value is -2.09. The second-order valence-corrected chi connectivity index (χ2v) is 7.38. The minimum Gasteiger partial charge on any atom is -0.363 e. The lowest BCUT2D eigenvalue weighted by Gasteiger charge is -2.33. The molecule has 0 radical (unpaired) electrons. The van der Waals surface area contributed by atoms with Crippen molar-refractivity contribution in [2.75, 3.05) is 31.1 Å². The first-order chi connectivity index (χ1) is 12.7. The molecule has 2 aromatic rings. The van der Waals surface area contributed by atoms with E-state index in [2.05, 4.69) is 50.1 Å². The van der Waals surface area contributed by atoms with Gasteiger partial charge in [-0.25, -0.2) is 0 Å². The zero-order valence-electron chi connectivity index (χ0n) is 15.6. The Balaban J connectivity index is 1.42. The first-order valence-corrected chi connectivity index (χ1v) is 10.2. The van der Waals surface area contributed by atoms with E-state index >= 15 is 0 Å². The quantitative estimate of drug-likeness (QED) is 0.439. The first-order valence-electron chi connectivity index (χ1n) is 9.37. The molecule has 7 nitrogen and oxygen atoms in total. The summed E-state index contributed by atoms with van der Waals surface area (Å²) in [6, 6.07) is 4.80. The van der Waals surface area contributed by atoms with E-state index in [9.17, 15) is 0 Å². The number of aliphatic imine (C=N–C) groups is 1. The molecule has 26 heavy (non-hydrogen) atoms. The van der Waals surface area contributed by atoms with Gasteiger partial charge >= 0.3 is 0 Å². The summed E-state index contributed by atoms with van der Waals surface area (Å²) in [7, 11) is 0. The fourth-order valence-electron chi connectivity index (χ4n) is 3.07. The van der Waals surface area contributed by atoms with Gasteiger partial charge < -0.3 is 20.1 Å². The maximum Gasteiger partial charge on any atom is 0.226 e. The fourth-order valence-corrected chi connectivity index (χ4v) is 3.86. The second kappa shape index (κ2) is 9.56. The van der Waals surface area contributed by atoms with Gasteiger partial charge in [-0.1, -0.05) is 5.16 Å². The van der Waals surface area contributed by atoms with Gasteiger partial charge in [0.15, 0.2) is 11.8 Å². The third-order valence-corrected chi connectivity index (χ3v) is 5.32. The lowest BCUT2D eigenvalue weighted by atomic mass is 10.1. The number of guanidine groups is 1. The van der Waals surface area contributed by atoms with Gasteiger partial charge in [0, 0.05) is 38.6 Å². The van der Waals surface area contributed by atoms with Crippen LogP contribution in [-0.2, 0) is 6.42 Å². The zero-order valence-corrected chi connectivity index (χ0v) is 16.4. The molecule has 142 valence electrons. The van der Waals surface area contributed by atoms with E-state index in [4.69, 9.17) is 9.52 Å². The molecular formula is C18H28N6OS. The molecule has 0 aliphatic carbocycles. The molecule has 8 heteroatoms. The van der Waals surface area contributed by atoms with Crippen LogP contribution in [0.25, 0.3) is 0 Å². The number of nitrogens with one attached hydrogen (secondary N) is 2. The molecule has 2 aromatic heterocycles. The number of nitrogens with zero attached hydrogens (tertiary/aromatic N) is 4. The van der Waals surface area contributed by atoms with Crippen molar-refractivity contribution in [2.24, 2.45) is 4.99 Å². The van der Waals surface area contributed by atoms with E-state index in [1.807, 2.05) is 18.3 Å². The highest BCUT2D eigenvalue weighted by Gasteiger charge is 2.20. The molecule has 0 saturated carbocycles. The van der Waals surface area contributed by atoms with Crippen LogP contribution in [0.4, 0.5) is 5.00 Å². The van der Waals surface area contributed by atoms with Gasteiger partial charge in [-0.05, 0) is 50.6 Å². The number of aromatic nitrogens is 2. The van der Waals surface area contributed by atoms with Crippen molar-refractivity contribution < 1.29 is 4.52 Å². The maximum absolute atomic E-state index is 5.14. The lowest BCUT2D eigenvalue weighted by molar-refractivity contribution is 0.372. The van der Waals surface area contributed by atoms with Crippen molar-refractivity contribution >= 4 is 22.3 Å².